The van der Waals surface area contributed by atoms with Gasteiger partial charge in [-0.05, 0) is 23.4 Å². The van der Waals surface area contributed by atoms with Crippen LogP contribution in [-0.4, -0.2) is 17.4 Å². The highest BCUT2D eigenvalue weighted by molar-refractivity contribution is 7.10. The summed E-state index contributed by atoms with van der Waals surface area (Å²) in [6.07, 6.45) is 0.598. The van der Waals surface area contributed by atoms with E-state index in [0.717, 1.165) is 10.4 Å². The van der Waals surface area contributed by atoms with E-state index in [2.05, 4.69) is 5.32 Å². The van der Waals surface area contributed by atoms with Gasteiger partial charge in [0.15, 0.2) is 0 Å². The molecule has 21 heavy (non-hydrogen) atoms. The number of nitrogens with one attached hydrogen (secondary N) is 1. The Kier molecular flexibility index (Phi) is 5.02. The minimum Gasteiger partial charge on any atom is -0.354 e. The van der Waals surface area contributed by atoms with E-state index >= 15 is 0 Å². The number of benzene rings is 1. The molecule has 0 spiro atoms. The number of thiophene rings is 1. The second-order valence-electron chi connectivity index (χ2n) is 4.46. The first-order chi connectivity index (χ1) is 10.1. The summed E-state index contributed by atoms with van der Waals surface area (Å²) in [5.41, 5.74) is 6.82. The molecule has 2 aromatic rings. The van der Waals surface area contributed by atoms with Gasteiger partial charge in [0.1, 0.15) is 6.04 Å². The third-order valence-electron chi connectivity index (χ3n) is 2.99. The Hall–Kier alpha value is -2.25. The molecule has 0 radical (unpaired) electrons. The van der Waals surface area contributed by atoms with Crippen LogP contribution in [0.15, 0.2) is 41.8 Å². The van der Waals surface area contributed by atoms with Gasteiger partial charge in [-0.3, -0.25) is 14.9 Å². The van der Waals surface area contributed by atoms with Crippen molar-refractivity contribution in [2.45, 2.75) is 12.5 Å². The Bertz CT molecular complexity index is 611. The SMILES string of the molecule is NC(C(=O)NCCc1ccc([N+](=O)[O-])cc1)c1cccs1. The Labute approximate surface area is 125 Å². The van der Waals surface area contributed by atoms with Crippen molar-refractivity contribution in [1.29, 1.82) is 0 Å². The van der Waals surface area contributed by atoms with Gasteiger partial charge in [0.05, 0.1) is 4.92 Å². The Morgan fingerprint density at radius 3 is 2.62 bits per heavy atom. The first-order valence-corrected chi connectivity index (χ1v) is 7.26. The minimum atomic E-state index is -0.651. The molecule has 1 aromatic heterocycles. The lowest BCUT2D eigenvalue weighted by atomic mass is 10.1. The molecule has 1 unspecified atom stereocenters. The highest BCUT2D eigenvalue weighted by atomic mass is 32.1. The smallest absolute Gasteiger partial charge is 0.269 e. The van der Waals surface area contributed by atoms with Gasteiger partial charge in [0.25, 0.3) is 5.69 Å². The predicted molar refractivity (Wildman–Crippen MR) is 81.1 cm³/mol. The fourth-order valence-corrected chi connectivity index (χ4v) is 2.55. The zero-order valence-corrected chi connectivity index (χ0v) is 12.0. The molecular formula is C14H15N3O3S. The average Bonchev–Trinajstić information content (AvgIpc) is 3.01. The molecule has 0 aliphatic carbocycles. The molecule has 110 valence electrons. The second kappa shape index (κ2) is 6.96. The molecule has 3 N–H and O–H groups in total. The van der Waals surface area contributed by atoms with Crippen LogP contribution in [0.3, 0.4) is 0 Å². The van der Waals surface area contributed by atoms with Crippen LogP contribution >= 0.6 is 11.3 Å². The summed E-state index contributed by atoms with van der Waals surface area (Å²) in [5, 5.41) is 15.2. The van der Waals surface area contributed by atoms with Crippen LogP contribution in [0, 0.1) is 10.1 Å². The van der Waals surface area contributed by atoms with Crippen molar-refractivity contribution in [3.63, 3.8) is 0 Å². The highest BCUT2D eigenvalue weighted by Crippen LogP contribution is 2.16. The lowest BCUT2D eigenvalue weighted by molar-refractivity contribution is -0.384. The summed E-state index contributed by atoms with van der Waals surface area (Å²) in [5.74, 6) is -0.223. The van der Waals surface area contributed by atoms with Gasteiger partial charge in [0, 0.05) is 23.6 Å². The van der Waals surface area contributed by atoms with Crippen LogP contribution in [0.4, 0.5) is 5.69 Å². The van der Waals surface area contributed by atoms with Crippen LogP contribution < -0.4 is 11.1 Å². The summed E-state index contributed by atoms with van der Waals surface area (Å²) in [7, 11) is 0. The number of nitro groups is 1. The van der Waals surface area contributed by atoms with E-state index in [9.17, 15) is 14.9 Å². The van der Waals surface area contributed by atoms with E-state index in [4.69, 9.17) is 5.73 Å². The van der Waals surface area contributed by atoms with Crippen LogP contribution in [0.5, 0.6) is 0 Å². The second-order valence-corrected chi connectivity index (χ2v) is 5.44. The van der Waals surface area contributed by atoms with Crippen molar-refractivity contribution < 1.29 is 9.72 Å². The molecule has 2 rings (SSSR count). The summed E-state index contributed by atoms with van der Waals surface area (Å²) in [6, 6.07) is 9.30. The number of rotatable bonds is 6. The van der Waals surface area contributed by atoms with E-state index in [1.807, 2.05) is 17.5 Å². The Balaban J connectivity index is 1.81. The fourth-order valence-electron chi connectivity index (χ4n) is 1.82. The van der Waals surface area contributed by atoms with Gasteiger partial charge < -0.3 is 11.1 Å². The maximum Gasteiger partial charge on any atom is 0.269 e. The number of carbonyl (C=O) groups excluding carboxylic acids is 1. The zero-order valence-electron chi connectivity index (χ0n) is 11.2. The third kappa shape index (κ3) is 4.11. The number of hydrogen-bond donors (Lipinski definition) is 2. The molecule has 0 aliphatic rings. The van der Waals surface area contributed by atoms with Gasteiger partial charge in [0.2, 0.25) is 5.91 Å². The fraction of sp³-hybridized carbons (Fsp3) is 0.214. The normalized spacial score (nSPS) is 11.9. The van der Waals surface area contributed by atoms with Crippen LogP contribution in [0.25, 0.3) is 0 Å². The van der Waals surface area contributed by atoms with Gasteiger partial charge in [-0.2, -0.15) is 0 Å². The molecular weight excluding hydrogens is 290 g/mol. The number of non-ortho nitro benzene ring substituents is 1. The number of nitro benzene ring substituents is 1. The molecule has 0 saturated heterocycles. The van der Waals surface area contributed by atoms with Crippen molar-refractivity contribution >= 4 is 22.9 Å². The van der Waals surface area contributed by atoms with Crippen molar-refractivity contribution in [3.8, 4) is 0 Å². The molecule has 0 bridgehead atoms. The van der Waals surface area contributed by atoms with Crippen molar-refractivity contribution in [2.75, 3.05) is 6.54 Å². The molecule has 1 atom stereocenters. The summed E-state index contributed by atoms with van der Waals surface area (Å²) >= 11 is 1.44. The molecule has 0 aliphatic heterocycles. The molecule has 6 nitrogen and oxygen atoms in total. The van der Waals surface area contributed by atoms with Crippen molar-refractivity contribution in [2.24, 2.45) is 5.73 Å². The van der Waals surface area contributed by atoms with Gasteiger partial charge in [-0.1, -0.05) is 18.2 Å². The standard InChI is InChI=1S/C14H15N3O3S/c15-13(12-2-1-9-21-12)14(18)16-8-7-10-3-5-11(6-4-10)17(19)20/h1-6,9,13H,7-8,15H2,(H,16,18). The van der Waals surface area contributed by atoms with E-state index in [1.54, 1.807) is 12.1 Å². The minimum absolute atomic E-state index is 0.0579. The summed E-state index contributed by atoms with van der Waals surface area (Å²) in [6.45, 7) is 0.440. The number of carbonyl (C=O) groups is 1. The quantitative estimate of drug-likeness (QED) is 0.630. The topological polar surface area (TPSA) is 98.3 Å². The predicted octanol–water partition coefficient (Wildman–Crippen LogP) is 2.01. The van der Waals surface area contributed by atoms with E-state index in [1.165, 1.54) is 23.5 Å². The third-order valence-corrected chi connectivity index (χ3v) is 3.95. The van der Waals surface area contributed by atoms with Gasteiger partial charge in [-0.25, -0.2) is 0 Å². The lowest BCUT2D eigenvalue weighted by Crippen LogP contribution is -2.34. The Morgan fingerprint density at radius 1 is 1.33 bits per heavy atom. The van der Waals surface area contributed by atoms with Crippen molar-refractivity contribution in [3.05, 3.63) is 62.3 Å². The summed E-state index contributed by atoms with van der Waals surface area (Å²) < 4.78 is 0. The monoisotopic (exact) mass is 305 g/mol. The number of amides is 1. The van der Waals surface area contributed by atoms with E-state index < -0.39 is 11.0 Å². The molecule has 1 amide bonds. The molecule has 1 aromatic carbocycles. The number of nitrogens with two attached hydrogens (primary N) is 1. The molecule has 0 saturated carbocycles. The van der Waals surface area contributed by atoms with Crippen LogP contribution in [0.2, 0.25) is 0 Å². The van der Waals surface area contributed by atoms with Crippen LogP contribution in [-0.2, 0) is 11.2 Å². The molecule has 1 heterocycles. The molecule has 7 heteroatoms. The van der Waals surface area contributed by atoms with Crippen LogP contribution in [0.1, 0.15) is 16.5 Å². The maximum atomic E-state index is 11.9. The first kappa shape index (κ1) is 15.1. The largest absolute Gasteiger partial charge is 0.354 e. The zero-order chi connectivity index (χ0) is 15.2. The molecule has 0 fully saturated rings. The first-order valence-electron chi connectivity index (χ1n) is 6.38. The average molecular weight is 305 g/mol. The lowest BCUT2D eigenvalue weighted by Gasteiger charge is -2.10. The van der Waals surface area contributed by atoms with E-state index in [0.29, 0.717) is 13.0 Å². The van der Waals surface area contributed by atoms with Gasteiger partial charge >= 0.3 is 0 Å². The number of nitrogens with zero attached hydrogens (tertiary/aromatic N) is 1. The van der Waals surface area contributed by atoms with Crippen molar-refractivity contribution in [1.82, 2.24) is 5.32 Å². The Morgan fingerprint density at radius 2 is 2.05 bits per heavy atom. The summed E-state index contributed by atoms with van der Waals surface area (Å²) in [4.78, 5) is 22.8. The van der Waals surface area contributed by atoms with E-state index in [-0.39, 0.29) is 11.6 Å². The maximum absolute atomic E-state index is 11.9. The highest BCUT2D eigenvalue weighted by Gasteiger charge is 2.15. The van der Waals surface area contributed by atoms with Gasteiger partial charge in [-0.15, -0.1) is 11.3 Å². The number of hydrogen-bond acceptors (Lipinski definition) is 5.